The van der Waals surface area contributed by atoms with Gasteiger partial charge < -0.3 is 24.4 Å². The zero-order valence-corrected chi connectivity index (χ0v) is 15.5. The second-order valence-corrected chi connectivity index (χ2v) is 5.81. The fourth-order valence-corrected chi connectivity index (χ4v) is 2.62. The molecule has 0 radical (unpaired) electrons. The third-order valence-corrected chi connectivity index (χ3v) is 3.99. The minimum atomic E-state index is -0.195. The maximum atomic E-state index is 11.4. The number of carbonyl (C=O) groups is 1. The molecular weight excluding hydrogens is 324 g/mol. The average Bonchev–Trinajstić information content (AvgIpc) is 3.08. The van der Waals surface area contributed by atoms with E-state index in [0.717, 1.165) is 25.6 Å². The lowest BCUT2D eigenvalue weighted by Crippen LogP contribution is -2.53. The molecule has 0 bridgehead atoms. The topological polar surface area (TPSA) is 96.1 Å². The molecular formula is C16H28N6O3. The number of nitrogens with zero attached hydrogens (tertiary/aromatic N) is 5. The highest BCUT2D eigenvalue weighted by Gasteiger charge is 2.21. The molecule has 0 spiro atoms. The highest BCUT2D eigenvalue weighted by Crippen LogP contribution is 2.13. The monoisotopic (exact) mass is 352 g/mol. The summed E-state index contributed by atoms with van der Waals surface area (Å²) in [6.07, 6.45) is -0.195. The Labute approximate surface area is 148 Å². The van der Waals surface area contributed by atoms with Crippen LogP contribution in [0.3, 0.4) is 0 Å². The fraction of sp³-hybridized carbons (Fsp3) is 0.750. The Morgan fingerprint density at radius 1 is 1.32 bits per heavy atom. The molecule has 2 rings (SSSR count). The van der Waals surface area contributed by atoms with Gasteiger partial charge >= 0.3 is 0 Å². The van der Waals surface area contributed by atoms with E-state index in [9.17, 15) is 4.79 Å². The summed E-state index contributed by atoms with van der Waals surface area (Å²) >= 11 is 0. The van der Waals surface area contributed by atoms with Crippen LogP contribution in [0.2, 0.25) is 0 Å². The molecule has 9 heteroatoms. The quantitative estimate of drug-likeness (QED) is 0.597. The number of guanidine groups is 1. The van der Waals surface area contributed by atoms with Crippen molar-refractivity contribution in [2.75, 3.05) is 39.3 Å². The maximum Gasteiger partial charge on any atom is 0.248 e. The van der Waals surface area contributed by atoms with Gasteiger partial charge in [-0.3, -0.25) is 4.79 Å². The molecule has 1 aromatic heterocycles. The van der Waals surface area contributed by atoms with Crippen LogP contribution >= 0.6 is 0 Å². The van der Waals surface area contributed by atoms with E-state index in [1.165, 1.54) is 0 Å². The maximum absolute atomic E-state index is 11.4. The number of piperazine rings is 1. The molecule has 1 atom stereocenters. The summed E-state index contributed by atoms with van der Waals surface area (Å²) < 4.78 is 10.7. The second kappa shape index (κ2) is 9.36. The summed E-state index contributed by atoms with van der Waals surface area (Å²) in [7, 11) is 0. The standard InChI is InChI=1S/C16H28N6O3/c1-5-17-16(22-9-7-21(8-10-22)13(4)23)18-11-14-19-15(20-25-14)12(3)24-6-2/h12H,5-11H2,1-4H3,(H,17,18). The molecule has 1 aliphatic heterocycles. The summed E-state index contributed by atoms with van der Waals surface area (Å²) in [5.41, 5.74) is 0. The minimum absolute atomic E-state index is 0.114. The number of ether oxygens (including phenoxy) is 1. The molecule has 0 aromatic carbocycles. The van der Waals surface area contributed by atoms with Gasteiger partial charge in [-0.05, 0) is 20.8 Å². The van der Waals surface area contributed by atoms with E-state index in [1.807, 2.05) is 25.7 Å². The molecule has 1 amide bonds. The molecule has 1 saturated heterocycles. The number of amides is 1. The number of nitrogens with one attached hydrogen (secondary N) is 1. The highest BCUT2D eigenvalue weighted by atomic mass is 16.5. The summed E-state index contributed by atoms with van der Waals surface area (Å²) in [4.78, 5) is 24.3. The van der Waals surface area contributed by atoms with Gasteiger partial charge in [-0.1, -0.05) is 5.16 Å². The molecule has 1 aromatic rings. The van der Waals surface area contributed by atoms with Gasteiger partial charge in [0.1, 0.15) is 12.6 Å². The van der Waals surface area contributed by atoms with Crippen LogP contribution in [-0.4, -0.2) is 71.1 Å². The summed E-state index contributed by atoms with van der Waals surface area (Å²) in [5, 5.41) is 7.22. The molecule has 140 valence electrons. The van der Waals surface area contributed by atoms with Crippen molar-refractivity contribution in [2.24, 2.45) is 4.99 Å². The third kappa shape index (κ3) is 5.42. The summed E-state index contributed by atoms with van der Waals surface area (Å²) in [5.74, 6) is 1.90. The van der Waals surface area contributed by atoms with Gasteiger partial charge in [-0.25, -0.2) is 4.99 Å². The molecule has 1 aliphatic rings. The van der Waals surface area contributed by atoms with Crippen molar-refractivity contribution in [3.8, 4) is 0 Å². The van der Waals surface area contributed by atoms with E-state index in [1.54, 1.807) is 6.92 Å². The normalized spacial score (nSPS) is 16.9. The van der Waals surface area contributed by atoms with Crippen molar-refractivity contribution in [1.82, 2.24) is 25.3 Å². The minimum Gasteiger partial charge on any atom is -0.371 e. The van der Waals surface area contributed by atoms with Crippen molar-refractivity contribution in [3.05, 3.63) is 11.7 Å². The smallest absolute Gasteiger partial charge is 0.248 e. The zero-order chi connectivity index (χ0) is 18.2. The lowest BCUT2D eigenvalue weighted by Gasteiger charge is -2.36. The third-order valence-electron chi connectivity index (χ3n) is 3.99. The van der Waals surface area contributed by atoms with Crippen molar-refractivity contribution in [2.45, 2.75) is 40.3 Å². The molecule has 2 heterocycles. The molecule has 0 saturated carbocycles. The predicted octanol–water partition coefficient (Wildman–Crippen LogP) is 0.797. The van der Waals surface area contributed by atoms with Crippen molar-refractivity contribution in [1.29, 1.82) is 0 Å². The number of carbonyl (C=O) groups excluding carboxylic acids is 1. The Morgan fingerprint density at radius 2 is 2.00 bits per heavy atom. The summed E-state index contributed by atoms with van der Waals surface area (Å²) in [6, 6.07) is 0. The van der Waals surface area contributed by atoms with E-state index in [2.05, 4.69) is 25.3 Å². The largest absolute Gasteiger partial charge is 0.371 e. The van der Waals surface area contributed by atoms with Crippen LogP contribution in [0.25, 0.3) is 0 Å². The number of rotatable bonds is 6. The van der Waals surface area contributed by atoms with Crippen molar-refractivity contribution in [3.63, 3.8) is 0 Å². The van der Waals surface area contributed by atoms with E-state index in [-0.39, 0.29) is 12.0 Å². The fourth-order valence-electron chi connectivity index (χ4n) is 2.62. The van der Waals surface area contributed by atoms with Gasteiger partial charge in [0.2, 0.25) is 11.8 Å². The number of hydrogen-bond donors (Lipinski definition) is 1. The van der Waals surface area contributed by atoms with Crippen molar-refractivity contribution >= 4 is 11.9 Å². The van der Waals surface area contributed by atoms with Crippen LogP contribution in [0.15, 0.2) is 9.52 Å². The van der Waals surface area contributed by atoms with Crippen molar-refractivity contribution < 1.29 is 14.1 Å². The van der Waals surface area contributed by atoms with Gasteiger partial charge in [0.15, 0.2) is 11.8 Å². The van der Waals surface area contributed by atoms with Crippen LogP contribution in [0, 0.1) is 0 Å². The lowest BCUT2D eigenvalue weighted by molar-refractivity contribution is -0.130. The Hall–Kier alpha value is -2.16. The molecule has 1 fully saturated rings. The highest BCUT2D eigenvalue weighted by molar-refractivity contribution is 5.80. The first-order chi connectivity index (χ1) is 12.0. The zero-order valence-electron chi connectivity index (χ0n) is 15.5. The van der Waals surface area contributed by atoms with Gasteiger partial charge in [0, 0.05) is 46.3 Å². The first-order valence-electron chi connectivity index (χ1n) is 8.78. The lowest BCUT2D eigenvalue weighted by atomic mass is 10.3. The van der Waals surface area contributed by atoms with Crippen LogP contribution < -0.4 is 5.32 Å². The van der Waals surface area contributed by atoms with Gasteiger partial charge in [-0.15, -0.1) is 0 Å². The first kappa shape index (κ1) is 19.2. The predicted molar refractivity (Wildman–Crippen MR) is 93.0 cm³/mol. The van der Waals surface area contributed by atoms with Crippen LogP contribution in [0.4, 0.5) is 0 Å². The van der Waals surface area contributed by atoms with Gasteiger partial charge in [0.05, 0.1) is 0 Å². The van der Waals surface area contributed by atoms with Gasteiger partial charge in [-0.2, -0.15) is 4.98 Å². The molecule has 9 nitrogen and oxygen atoms in total. The second-order valence-electron chi connectivity index (χ2n) is 5.81. The number of aliphatic imine (C=N–C) groups is 1. The Balaban J connectivity index is 1.97. The Bertz CT molecular complexity index is 580. The van der Waals surface area contributed by atoms with E-state index >= 15 is 0 Å². The Morgan fingerprint density at radius 3 is 2.60 bits per heavy atom. The number of hydrogen-bond acceptors (Lipinski definition) is 6. The molecule has 1 unspecified atom stereocenters. The first-order valence-corrected chi connectivity index (χ1v) is 8.78. The summed E-state index contributed by atoms with van der Waals surface area (Å²) in [6.45, 7) is 12.0. The number of aromatic nitrogens is 2. The average molecular weight is 352 g/mol. The van der Waals surface area contributed by atoms with E-state index in [4.69, 9.17) is 9.26 Å². The SMILES string of the molecule is CCNC(=NCc1nc(C(C)OCC)no1)N1CCN(C(C)=O)CC1. The van der Waals surface area contributed by atoms with Crippen LogP contribution in [-0.2, 0) is 16.1 Å². The van der Waals surface area contributed by atoms with E-state index < -0.39 is 0 Å². The molecule has 25 heavy (non-hydrogen) atoms. The molecule has 0 aliphatic carbocycles. The molecule has 1 N–H and O–H groups in total. The Kier molecular flexibility index (Phi) is 7.17. The van der Waals surface area contributed by atoms with Crippen LogP contribution in [0.5, 0.6) is 0 Å². The van der Waals surface area contributed by atoms with E-state index in [0.29, 0.717) is 38.0 Å². The van der Waals surface area contributed by atoms with Crippen LogP contribution in [0.1, 0.15) is 45.5 Å². The van der Waals surface area contributed by atoms with Gasteiger partial charge in [0.25, 0.3) is 0 Å².